The number of hydrogen-bond donors (Lipinski definition) is 0. The second-order valence-electron chi connectivity index (χ2n) is 5.13. The fourth-order valence-electron chi connectivity index (χ4n) is 1.99. The van der Waals surface area contributed by atoms with E-state index in [1.165, 1.54) is 5.56 Å². The summed E-state index contributed by atoms with van der Waals surface area (Å²) in [5.41, 5.74) is 2.86. The Morgan fingerprint density at radius 3 is 2.35 bits per heavy atom. The van der Waals surface area contributed by atoms with E-state index in [1.54, 1.807) is 13.8 Å². The van der Waals surface area contributed by atoms with Gasteiger partial charge in [-0.3, -0.25) is 0 Å². The van der Waals surface area contributed by atoms with Crippen LogP contribution in [-0.4, -0.2) is 12.6 Å². The van der Waals surface area contributed by atoms with Crippen molar-refractivity contribution in [2.24, 2.45) is 5.92 Å². The number of nitriles is 1. The Bertz CT molecular complexity index is 533. The summed E-state index contributed by atoms with van der Waals surface area (Å²) in [6, 6.07) is 9.91. The quantitative estimate of drug-likeness (QED) is 0.465. The van der Waals surface area contributed by atoms with Crippen LogP contribution in [0.4, 0.5) is 0 Å². The summed E-state index contributed by atoms with van der Waals surface area (Å²) in [7, 11) is 0. The first kappa shape index (κ1) is 16.0. The van der Waals surface area contributed by atoms with Gasteiger partial charge in [0.2, 0.25) is 0 Å². The van der Waals surface area contributed by atoms with E-state index < -0.39 is 5.97 Å². The van der Waals surface area contributed by atoms with Gasteiger partial charge in [0, 0.05) is 0 Å². The third-order valence-corrected chi connectivity index (χ3v) is 3.00. The van der Waals surface area contributed by atoms with E-state index in [-0.39, 0.29) is 12.2 Å². The Balaban J connectivity index is 3.03. The van der Waals surface area contributed by atoms with Crippen LogP contribution in [0.3, 0.4) is 0 Å². The third-order valence-electron chi connectivity index (χ3n) is 3.00. The van der Waals surface area contributed by atoms with Crippen LogP contribution in [0, 0.1) is 17.2 Å². The molecule has 0 N–H and O–H groups in total. The molecule has 0 unspecified atom stereocenters. The average Bonchev–Trinajstić information content (AvgIpc) is 2.40. The standard InChI is InChI=1S/C17H21NO2/c1-5-20-17(19)16(11-18)13(4)15-8-6-14(7-9-15)10-12(2)3/h6-9,12H,5,10H2,1-4H3/b16-13+. The molecule has 0 atom stereocenters. The van der Waals surface area contributed by atoms with Gasteiger partial charge in [-0.05, 0) is 42.9 Å². The molecule has 1 rings (SSSR count). The van der Waals surface area contributed by atoms with E-state index in [2.05, 4.69) is 13.8 Å². The van der Waals surface area contributed by atoms with Crippen molar-refractivity contribution in [2.75, 3.05) is 6.61 Å². The van der Waals surface area contributed by atoms with Crippen molar-refractivity contribution in [1.29, 1.82) is 5.26 Å². The van der Waals surface area contributed by atoms with Crippen LogP contribution in [0.15, 0.2) is 29.8 Å². The van der Waals surface area contributed by atoms with Crippen LogP contribution in [0.2, 0.25) is 0 Å². The molecule has 0 aliphatic heterocycles. The van der Waals surface area contributed by atoms with Gasteiger partial charge in [-0.25, -0.2) is 4.79 Å². The van der Waals surface area contributed by atoms with Gasteiger partial charge in [-0.1, -0.05) is 38.1 Å². The van der Waals surface area contributed by atoms with E-state index in [0.717, 1.165) is 12.0 Å². The number of ether oxygens (including phenoxy) is 1. The summed E-state index contributed by atoms with van der Waals surface area (Å²) in [6.45, 7) is 8.11. The summed E-state index contributed by atoms with van der Waals surface area (Å²) >= 11 is 0. The predicted molar refractivity (Wildman–Crippen MR) is 79.8 cm³/mol. The number of allylic oxidation sites excluding steroid dienone is 1. The van der Waals surface area contributed by atoms with Crippen LogP contribution in [-0.2, 0) is 16.0 Å². The van der Waals surface area contributed by atoms with Crippen LogP contribution in [0.1, 0.15) is 38.8 Å². The minimum Gasteiger partial charge on any atom is -0.462 e. The fourth-order valence-corrected chi connectivity index (χ4v) is 1.99. The number of esters is 1. The number of nitrogens with zero attached hydrogens (tertiary/aromatic N) is 1. The normalized spacial score (nSPS) is 11.8. The molecule has 0 radical (unpaired) electrons. The second kappa shape index (κ2) is 7.49. The van der Waals surface area contributed by atoms with E-state index in [9.17, 15) is 4.79 Å². The van der Waals surface area contributed by atoms with Gasteiger partial charge in [0.25, 0.3) is 0 Å². The van der Waals surface area contributed by atoms with Gasteiger partial charge in [-0.2, -0.15) is 5.26 Å². The lowest BCUT2D eigenvalue weighted by Crippen LogP contribution is -2.08. The Kier molecular flexibility index (Phi) is 5.99. The highest BCUT2D eigenvalue weighted by molar-refractivity contribution is 6.01. The molecular weight excluding hydrogens is 250 g/mol. The number of benzene rings is 1. The summed E-state index contributed by atoms with van der Waals surface area (Å²) in [5, 5.41) is 9.12. The molecule has 0 amide bonds. The van der Waals surface area contributed by atoms with Crippen LogP contribution in [0.25, 0.3) is 5.57 Å². The van der Waals surface area contributed by atoms with E-state index in [1.807, 2.05) is 30.3 Å². The van der Waals surface area contributed by atoms with Gasteiger partial charge in [0.15, 0.2) is 0 Å². The highest BCUT2D eigenvalue weighted by Gasteiger charge is 2.14. The second-order valence-corrected chi connectivity index (χ2v) is 5.13. The van der Waals surface area contributed by atoms with Crippen LogP contribution in [0.5, 0.6) is 0 Å². The average molecular weight is 271 g/mol. The molecule has 0 aliphatic rings. The molecule has 20 heavy (non-hydrogen) atoms. The first-order chi connectivity index (χ1) is 9.49. The zero-order chi connectivity index (χ0) is 15.1. The molecule has 3 nitrogen and oxygen atoms in total. The molecule has 106 valence electrons. The summed E-state index contributed by atoms with van der Waals surface area (Å²) in [5.74, 6) is 0.0467. The molecule has 0 fully saturated rings. The van der Waals surface area contributed by atoms with Crippen molar-refractivity contribution in [3.05, 3.63) is 41.0 Å². The zero-order valence-corrected chi connectivity index (χ0v) is 12.6. The maximum Gasteiger partial charge on any atom is 0.349 e. The largest absolute Gasteiger partial charge is 0.462 e. The van der Waals surface area contributed by atoms with E-state index in [0.29, 0.717) is 11.5 Å². The SMILES string of the molecule is CCOC(=O)/C(C#N)=C(\C)c1ccc(CC(C)C)cc1. The number of hydrogen-bond acceptors (Lipinski definition) is 3. The van der Waals surface area contributed by atoms with Crippen molar-refractivity contribution < 1.29 is 9.53 Å². The first-order valence-electron chi connectivity index (χ1n) is 6.87. The molecule has 0 aliphatic carbocycles. The minimum absolute atomic E-state index is 0.0726. The van der Waals surface area contributed by atoms with Crippen molar-refractivity contribution >= 4 is 11.5 Å². The Labute approximate surface area is 120 Å². The van der Waals surface area contributed by atoms with E-state index in [4.69, 9.17) is 10.00 Å². The Morgan fingerprint density at radius 1 is 1.30 bits per heavy atom. The topological polar surface area (TPSA) is 50.1 Å². The van der Waals surface area contributed by atoms with E-state index >= 15 is 0 Å². The third kappa shape index (κ3) is 4.24. The summed E-state index contributed by atoms with van der Waals surface area (Å²) in [4.78, 5) is 11.7. The molecule has 0 bridgehead atoms. The smallest absolute Gasteiger partial charge is 0.349 e. The molecule has 0 saturated carbocycles. The molecule has 1 aromatic rings. The van der Waals surface area contributed by atoms with Crippen molar-refractivity contribution in [3.8, 4) is 6.07 Å². The number of carbonyl (C=O) groups is 1. The maximum atomic E-state index is 11.7. The van der Waals surface area contributed by atoms with Gasteiger partial charge in [-0.15, -0.1) is 0 Å². The van der Waals surface area contributed by atoms with Gasteiger partial charge in [0.05, 0.1) is 6.61 Å². The molecule has 0 heterocycles. The van der Waals surface area contributed by atoms with Crippen molar-refractivity contribution in [2.45, 2.75) is 34.1 Å². The summed E-state index contributed by atoms with van der Waals surface area (Å²) < 4.78 is 4.89. The monoisotopic (exact) mass is 271 g/mol. The highest BCUT2D eigenvalue weighted by Crippen LogP contribution is 2.20. The van der Waals surface area contributed by atoms with Crippen molar-refractivity contribution in [3.63, 3.8) is 0 Å². The Morgan fingerprint density at radius 2 is 1.90 bits per heavy atom. The van der Waals surface area contributed by atoms with Crippen LogP contribution >= 0.6 is 0 Å². The molecule has 1 aromatic carbocycles. The molecule has 0 spiro atoms. The summed E-state index contributed by atoms with van der Waals surface area (Å²) in [6.07, 6.45) is 1.02. The first-order valence-corrected chi connectivity index (χ1v) is 6.87. The predicted octanol–water partition coefficient (Wildman–Crippen LogP) is 3.75. The zero-order valence-electron chi connectivity index (χ0n) is 12.6. The minimum atomic E-state index is -0.557. The lowest BCUT2D eigenvalue weighted by atomic mass is 9.97. The Hall–Kier alpha value is -2.08. The lowest BCUT2D eigenvalue weighted by Gasteiger charge is -2.08. The number of carbonyl (C=O) groups excluding carboxylic acids is 1. The van der Waals surface area contributed by atoms with Crippen molar-refractivity contribution in [1.82, 2.24) is 0 Å². The highest BCUT2D eigenvalue weighted by atomic mass is 16.5. The molecule has 0 saturated heterocycles. The maximum absolute atomic E-state index is 11.7. The molecular formula is C17H21NO2. The lowest BCUT2D eigenvalue weighted by molar-refractivity contribution is -0.137. The van der Waals surface area contributed by atoms with Gasteiger partial charge >= 0.3 is 5.97 Å². The fraction of sp³-hybridized carbons (Fsp3) is 0.412. The van der Waals surface area contributed by atoms with Gasteiger partial charge in [0.1, 0.15) is 11.6 Å². The van der Waals surface area contributed by atoms with Gasteiger partial charge < -0.3 is 4.74 Å². The molecule has 3 heteroatoms. The van der Waals surface area contributed by atoms with Crippen LogP contribution < -0.4 is 0 Å². The molecule has 0 aromatic heterocycles. The number of rotatable bonds is 5.